The van der Waals surface area contributed by atoms with Crippen molar-refractivity contribution in [3.05, 3.63) is 35.9 Å². The van der Waals surface area contributed by atoms with Gasteiger partial charge in [0, 0.05) is 32.8 Å². The molecule has 2 N–H and O–H groups in total. The third kappa shape index (κ3) is 5.84. The molecule has 0 saturated carbocycles. The van der Waals surface area contributed by atoms with Crippen molar-refractivity contribution in [1.82, 2.24) is 10.2 Å². The predicted molar refractivity (Wildman–Crippen MR) is 90.2 cm³/mol. The lowest BCUT2D eigenvalue weighted by Gasteiger charge is -2.31. The van der Waals surface area contributed by atoms with E-state index < -0.39 is 0 Å². The van der Waals surface area contributed by atoms with Crippen LogP contribution in [0.4, 0.5) is 4.79 Å². The molecule has 0 aromatic heterocycles. The Kier molecular flexibility index (Phi) is 7.36. The van der Waals surface area contributed by atoms with E-state index in [2.05, 4.69) is 17.4 Å². The Hall–Kier alpha value is -1.59. The first-order chi connectivity index (χ1) is 11.2. The molecule has 1 saturated heterocycles. The molecule has 1 aliphatic rings. The molecule has 1 aromatic carbocycles. The van der Waals surface area contributed by atoms with Gasteiger partial charge in [-0.2, -0.15) is 0 Å². The second kappa shape index (κ2) is 9.53. The molecule has 5 nitrogen and oxygen atoms in total. The maximum absolute atomic E-state index is 12.1. The van der Waals surface area contributed by atoms with Gasteiger partial charge in [-0.15, -0.1) is 0 Å². The molecule has 1 heterocycles. The first-order valence-corrected chi connectivity index (χ1v) is 8.51. The van der Waals surface area contributed by atoms with E-state index in [9.17, 15) is 9.90 Å². The molecule has 128 valence electrons. The average Bonchev–Trinajstić information content (AvgIpc) is 2.61. The molecule has 1 fully saturated rings. The van der Waals surface area contributed by atoms with Crippen molar-refractivity contribution in [3.63, 3.8) is 0 Å². The zero-order valence-corrected chi connectivity index (χ0v) is 13.9. The Balaban J connectivity index is 1.59. The van der Waals surface area contributed by atoms with Gasteiger partial charge in [-0.3, -0.25) is 0 Å². The Labute approximate surface area is 138 Å². The highest BCUT2D eigenvalue weighted by molar-refractivity contribution is 5.74. The number of benzene rings is 1. The molecule has 0 bridgehead atoms. The molecule has 1 aliphatic heterocycles. The fourth-order valence-electron chi connectivity index (χ4n) is 2.86. The van der Waals surface area contributed by atoms with Crippen LogP contribution in [0.25, 0.3) is 0 Å². The number of aliphatic hydroxyl groups excluding tert-OH is 1. The topological polar surface area (TPSA) is 61.8 Å². The summed E-state index contributed by atoms with van der Waals surface area (Å²) in [6.07, 6.45) is 2.83. The minimum atomic E-state index is -0.0285. The summed E-state index contributed by atoms with van der Waals surface area (Å²) >= 11 is 0. The highest BCUT2D eigenvalue weighted by Crippen LogP contribution is 2.16. The summed E-state index contributed by atoms with van der Waals surface area (Å²) in [5.41, 5.74) is 1.17. The first kappa shape index (κ1) is 17.8. The Bertz CT molecular complexity index is 467. The summed E-state index contributed by atoms with van der Waals surface area (Å²) in [4.78, 5) is 13.9. The number of aliphatic hydroxyl groups is 1. The minimum absolute atomic E-state index is 0.0285. The minimum Gasteiger partial charge on any atom is -0.396 e. The van der Waals surface area contributed by atoms with Gasteiger partial charge < -0.3 is 20.1 Å². The summed E-state index contributed by atoms with van der Waals surface area (Å²) in [6, 6.07) is 10.1. The quantitative estimate of drug-likeness (QED) is 0.759. The summed E-state index contributed by atoms with van der Waals surface area (Å²) < 4.78 is 5.79. The Morgan fingerprint density at radius 3 is 2.96 bits per heavy atom. The van der Waals surface area contributed by atoms with Gasteiger partial charge in [-0.25, -0.2) is 4.79 Å². The van der Waals surface area contributed by atoms with E-state index in [4.69, 9.17) is 4.74 Å². The molecule has 2 amide bonds. The number of hydrogen-bond acceptors (Lipinski definition) is 3. The molecule has 0 aliphatic carbocycles. The Morgan fingerprint density at radius 2 is 2.22 bits per heavy atom. The van der Waals surface area contributed by atoms with E-state index >= 15 is 0 Å². The number of piperidine rings is 1. The summed E-state index contributed by atoms with van der Waals surface area (Å²) in [7, 11) is 0. The third-order valence-corrected chi connectivity index (χ3v) is 4.30. The smallest absolute Gasteiger partial charge is 0.317 e. The van der Waals surface area contributed by atoms with Crippen molar-refractivity contribution in [2.45, 2.75) is 32.3 Å². The van der Waals surface area contributed by atoms with Crippen LogP contribution >= 0.6 is 0 Å². The van der Waals surface area contributed by atoms with Crippen LogP contribution in [0.5, 0.6) is 0 Å². The number of ether oxygens (including phenoxy) is 1. The van der Waals surface area contributed by atoms with Gasteiger partial charge in [0.25, 0.3) is 0 Å². The van der Waals surface area contributed by atoms with Crippen molar-refractivity contribution in [2.75, 3.05) is 32.8 Å². The van der Waals surface area contributed by atoms with Crippen molar-refractivity contribution in [1.29, 1.82) is 0 Å². The number of carbonyl (C=O) groups excluding carboxylic acids is 1. The van der Waals surface area contributed by atoms with E-state index in [-0.39, 0.29) is 24.7 Å². The van der Waals surface area contributed by atoms with Crippen LogP contribution in [0.15, 0.2) is 30.3 Å². The van der Waals surface area contributed by atoms with Crippen molar-refractivity contribution in [2.24, 2.45) is 5.92 Å². The van der Waals surface area contributed by atoms with E-state index in [0.29, 0.717) is 19.7 Å². The standard InChI is InChI=1S/C18H28N2O3/c1-15(17-8-3-2-4-9-17)23-12-6-10-19-18(22)20-11-5-7-16(13-20)14-21/h2-4,8-9,15-16,21H,5-7,10-14H2,1H3,(H,19,22). The van der Waals surface area contributed by atoms with Gasteiger partial charge in [0.2, 0.25) is 0 Å². The number of urea groups is 1. The van der Waals surface area contributed by atoms with Gasteiger partial charge >= 0.3 is 6.03 Å². The van der Waals surface area contributed by atoms with E-state index in [1.54, 1.807) is 4.90 Å². The summed E-state index contributed by atoms with van der Waals surface area (Å²) in [5.74, 6) is 0.226. The highest BCUT2D eigenvalue weighted by atomic mass is 16.5. The number of amides is 2. The van der Waals surface area contributed by atoms with Crippen LogP contribution in [-0.2, 0) is 4.74 Å². The summed E-state index contributed by atoms with van der Waals surface area (Å²) in [5, 5.41) is 12.1. The molecular weight excluding hydrogens is 292 g/mol. The van der Waals surface area contributed by atoms with Crippen LogP contribution in [-0.4, -0.2) is 48.9 Å². The van der Waals surface area contributed by atoms with Crippen LogP contribution in [0.3, 0.4) is 0 Å². The second-order valence-corrected chi connectivity index (χ2v) is 6.15. The molecule has 0 radical (unpaired) electrons. The van der Waals surface area contributed by atoms with Gasteiger partial charge in [0.15, 0.2) is 0 Å². The van der Waals surface area contributed by atoms with Crippen LogP contribution in [0.2, 0.25) is 0 Å². The average molecular weight is 320 g/mol. The zero-order chi connectivity index (χ0) is 16.5. The fraction of sp³-hybridized carbons (Fsp3) is 0.611. The second-order valence-electron chi connectivity index (χ2n) is 6.15. The van der Waals surface area contributed by atoms with E-state index in [1.807, 2.05) is 25.1 Å². The molecule has 2 rings (SSSR count). The maximum Gasteiger partial charge on any atom is 0.317 e. The number of nitrogens with zero attached hydrogens (tertiary/aromatic N) is 1. The molecule has 2 atom stereocenters. The zero-order valence-electron chi connectivity index (χ0n) is 13.9. The fourth-order valence-corrected chi connectivity index (χ4v) is 2.86. The number of nitrogens with one attached hydrogen (secondary N) is 1. The molecule has 0 spiro atoms. The van der Waals surface area contributed by atoms with Gasteiger partial charge in [0.1, 0.15) is 0 Å². The largest absolute Gasteiger partial charge is 0.396 e. The third-order valence-electron chi connectivity index (χ3n) is 4.30. The van der Waals surface area contributed by atoms with Crippen LogP contribution in [0.1, 0.15) is 37.9 Å². The van der Waals surface area contributed by atoms with Gasteiger partial charge in [-0.1, -0.05) is 30.3 Å². The SMILES string of the molecule is CC(OCCCNC(=O)N1CCCC(CO)C1)c1ccccc1. The number of likely N-dealkylation sites (tertiary alicyclic amines) is 1. The maximum atomic E-state index is 12.1. The van der Waals surface area contributed by atoms with Gasteiger partial charge in [0.05, 0.1) is 6.10 Å². The molecule has 23 heavy (non-hydrogen) atoms. The van der Waals surface area contributed by atoms with Crippen molar-refractivity contribution >= 4 is 6.03 Å². The lowest BCUT2D eigenvalue weighted by Crippen LogP contribution is -2.46. The number of rotatable bonds is 7. The molecular formula is C18H28N2O3. The lowest BCUT2D eigenvalue weighted by atomic mass is 9.99. The first-order valence-electron chi connectivity index (χ1n) is 8.51. The van der Waals surface area contributed by atoms with Crippen LogP contribution < -0.4 is 5.32 Å². The van der Waals surface area contributed by atoms with Crippen LogP contribution in [0, 0.1) is 5.92 Å². The predicted octanol–water partition coefficient (Wildman–Crippen LogP) is 2.57. The van der Waals surface area contributed by atoms with Crippen molar-refractivity contribution in [3.8, 4) is 0 Å². The number of hydrogen-bond donors (Lipinski definition) is 2. The van der Waals surface area contributed by atoms with E-state index in [1.165, 1.54) is 5.56 Å². The molecule has 1 aromatic rings. The lowest BCUT2D eigenvalue weighted by molar-refractivity contribution is 0.0640. The van der Waals surface area contributed by atoms with E-state index in [0.717, 1.165) is 25.8 Å². The van der Waals surface area contributed by atoms with Crippen molar-refractivity contribution < 1.29 is 14.6 Å². The highest BCUT2D eigenvalue weighted by Gasteiger charge is 2.22. The monoisotopic (exact) mass is 320 g/mol. The Morgan fingerprint density at radius 1 is 1.43 bits per heavy atom. The molecule has 2 unspecified atom stereocenters. The summed E-state index contributed by atoms with van der Waals surface area (Å²) in [6.45, 7) is 4.87. The molecule has 5 heteroatoms. The van der Waals surface area contributed by atoms with Gasteiger partial charge in [-0.05, 0) is 37.7 Å². The number of carbonyl (C=O) groups is 1. The normalized spacial score (nSPS) is 19.4.